The number of fused-ring (bicyclic) bond motifs is 1. The van der Waals surface area contributed by atoms with E-state index in [0.29, 0.717) is 25.4 Å². The van der Waals surface area contributed by atoms with Gasteiger partial charge in [0.15, 0.2) is 0 Å². The van der Waals surface area contributed by atoms with E-state index in [1.807, 2.05) is 0 Å². The molecule has 2 aliphatic carbocycles. The molecule has 190 valence electrons. The van der Waals surface area contributed by atoms with Gasteiger partial charge in [-0.3, -0.25) is 9.59 Å². The van der Waals surface area contributed by atoms with Crippen LogP contribution in [0.3, 0.4) is 0 Å². The summed E-state index contributed by atoms with van der Waals surface area (Å²) >= 11 is 0. The first kappa shape index (κ1) is 27.6. The van der Waals surface area contributed by atoms with E-state index in [1.165, 1.54) is 69.1 Å². The zero-order chi connectivity index (χ0) is 23.3. The molecule has 1 aromatic carbocycles. The van der Waals surface area contributed by atoms with E-state index in [2.05, 4.69) is 36.5 Å². The van der Waals surface area contributed by atoms with Gasteiger partial charge in [-0.05, 0) is 68.9 Å². The number of amides is 3. The second kappa shape index (κ2) is 14.6. The van der Waals surface area contributed by atoms with Crippen LogP contribution in [0.15, 0.2) is 24.3 Å². The van der Waals surface area contributed by atoms with E-state index in [4.69, 9.17) is 11.5 Å². The number of likely N-dealkylation sites (tertiary alicyclic amines) is 1. The molecule has 7 nitrogen and oxygen atoms in total. The number of carbonyl (C=O) groups excluding carboxylic acids is 3. The fourth-order valence-electron chi connectivity index (χ4n) is 4.78. The molecule has 3 amide bonds. The molecule has 1 aromatic rings. The van der Waals surface area contributed by atoms with Gasteiger partial charge in [0.2, 0.25) is 12.3 Å². The van der Waals surface area contributed by atoms with Gasteiger partial charge in [-0.2, -0.15) is 6.41 Å². The maximum atomic E-state index is 10.8. The van der Waals surface area contributed by atoms with Crippen molar-refractivity contribution in [3.8, 4) is 0 Å². The van der Waals surface area contributed by atoms with Crippen molar-refractivity contribution in [2.75, 3.05) is 6.54 Å². The number of nitrogens with one attached hydrogen (secondary N) is 1. The van der Waals surface area contributed by atoms with Crippen LogP contribution < -0.4 is 16.8 Å². The van der Waals surface area contributed by atoms with Crippen molar-refractivity contribution < 1.29 is 14.4 Å². The summed E-state index contributed by atoms with van der Waals surface area (Å²) in [5.41, 5.74) is 14.0. The molecule has 1 heterocycles. The number of hydrogen-bond donors (Lipinski definition) is 3. The standard InChI is InChI=1S/C10H12.C8H17N.C7H10N3O3.Fm/c1-2-6-10-8-4-3-7-9(10)5-1;1-7(9)8-5-3-2-4-6-8;8-7(13)6-1-5(9-3-11)2-10(6)4-12;/h1-2,5-6H,3-4,7-8H2;7-8H,2-6,9H2,1H3;4-6H,1-2H2,(H2,8,13)(H,9,11);/q;;-1;. The molecule has 0 aromatic heterocycles. The Morgan fingerprint density at radius 1 is 1.12 bits per heavy atom. The number of nitrogens with two attached hydrogens (primary N) is 2. The molecular formula is C25H39FmN4O3-. The van der Waals surface area contributed by atoms with Crippen molar-refractivity contribution in [1.82, 2.24) is 10.2 Å². The third-order valence-corrected chi connectivity index (χ3v) is 6.72. The summed E-state index contributed by atoms with van der Waals surface area (Å²) in [6.45, 7) is 2.45. The number of rotatable bonds is 5. The van der Waals surface area contributed by atoms with E-state index in [9.17, 15) is 14.4 Å². The molecule has 4 rings (SSSR count). The molecule has 1 saturated carbocycles. The SMILES string of the molecule is CC(N)C1CCCCC1.NC(=O)C1CC(N[C-]=O)CN1C=O.[Fm].c1ccc2c(c1)CCCC2. The minimum absolute atomic E-state index is 0. The fourth-order valence-corrected chi connectivity index (χ4v) is 4.78. The molecule has 2 fully saturated rings. The Bertz CT molecular complexity index is 700. The average molecular weight is 701 g/mol. The Kier molecular flexibility index (Phi) is 12.2. The molecule has 3 atom stereocenters. The molecule has 3 aliphatic rings. The summed E-state index contributed by atoms with van der Waals surface area (Å²) in [5, 5.41) is 2.38. The van der Waals surface area contributed by atoms with Crippen LogP contribution in [0.25, 0.3) is 0 Å². The maximum absolute atomic E-state index is 10.8. The summed E-state index contributed by atoms with van der Waals surface area (Å²) in [4.78, 5) is 32.5. The molecule has 8 heteroatoms. The van der Waals surface area contributed by atoms with Gasteiger partial charge in [-0.15, -0.1) is 0 Å². The Hall–Kier alpha value is -3.41. The topological polar surface area (TPSA) is 119 Å². The van der Waals surface area contributed by atoms with Gasteiger partial charge < -0.3 is 26.5 Å². The molecule has 1 saturated heterocycles. The fraction of sp³-hybridized carbons (Fsp3) is 0.640. The third-order valence-electron chi connectivity index (χ3n) is 6.72. The smallest absolute Gasteiger partial charge is 0.240 e. The van der Waals surface area contributed by atoms with Crippen molar-refractivity contribution in [2.24, 2.45) is 17.4 Å². The van der Waals surface area contributed by atoms with Crippen molar-refractivity contribution in [3.05, 3.63) is 35.4 Å². The Balaban J connectivity index is 0.000000248. The summed E-state index contributed by atoms with van der Waals surface area (Å²) in [7, 11) is 0. The van der Waals surface area contributed by atoms with E-state index < -0.39 is 11.9 Å². The van der Waals surface area contributed by atoms with E-state index in [1.54, 1.807) is 11.1 Å². The first-order valence-electron chi connectivity index (χ1n) is 11.9. The van der Waals surface area contributed by atoms with Crippen LogP contribution in [0, 0.1) is 5.92 Å². The van der Waals surface area contributed by atoms with Crippen LogP contribution in [0.1, 0.15) is 69.4 Å². The second-order valence-corrected chi connectivity index (χ2v) is 9.13. The molecule has 0 spiro atoms. The number of carbonyl (C=O) groups is 2. The van der Waals surface area contributed by atoms with Gasteiger partial charge in [-0.1, -0.05) is 43.5 Å². The van der Waals surface area contributed by atoms with E-state index in [0.717, 1.165) is 5.92 Å². The number of benzene rings is 1. The summed E-state index contributed by atoms with van der Waals surface area (Å²) in [6.07, 6.45) is 14.8. The Morgan fingerprint density at radius 2 is 1.70 bits per heavy atom. The van der Waals surface area contributed by atoms with Crippen LogP contribution in [-0.2, 0) is 27.2 Å². The normalized spacial score (nSPS) is 22.7. The molecule has 3 unspecified atom stereocenters. The monoisotopic (exact) mass is 700 g/mol. The van der Waals surface area contributed by atoms with Crippen molar-refractivity contribution in [2.45, 2.75) is 89.3 Å². The number of nitrogens with zero attached hydrogens (tertiary/aromatic N) is 1. The predicted octanol–water partition coefficient (Wildman–Crippen LogP) is 2.21. The minimum Gasteiger partial charge on any atom is -0.526 e. The zero-order valence-corrected chi connectivity index (χ0v) is 22.0. The van der Waals surface area contributed by atoms with Crippen LogP contribution in [0.2, 0.25) is 0 Å². The molecular weight excluding hydrogens is 661 g/mol. The maximum Gasteiger partial charge on any atom is 0.240 e. The minimum atomic E-state index is -0.608. The molecule has 5 N–H and O–H groups in total. The van der Waals surface area contributed by atoms with E-state index >= 15 is 0 Å². The molecule has 0 radical (unpaired) electrons. The van der Waals surface area contributed by atoms with Gasteiger partial charge in [0.1, 0.15) is 6.04 Å². The molecule has 33 heavy (non-hydrogen) atoms. The summed E-state index contributed by atoms with van der Waals surface area (Å²) in [6, 6.07) is 8.41. The zero-order valence-electron chi connectivity index (χ0n) is 19.6. The number of hydrogen-bond acceptors (Lipinski definition) is 4. The number of primary amides is 1. The van der Waals surface area contributed by atoms with Crippen LogP contribution in [0.5, 0.6) is 0 Å². The van der Waals surface area contributed by atoms with Gasteiger partial charge >= 0.3 is 0 Å². The first-order valence-corrected chi connectivity index (χ1v) is 11.9. The Labute approximate surface area is 192 Å². The van der Waals surface area contributed by atoms with Gasteiger partial charge in [0.25, 0.3) is 0 Å². The van der Waals surface area contributed by atoms with Crippen LogP contribution >= 0.6 is 0 Å². The third kappa shape index (κ3) is 8.93. The van der Waals surface area contributed by atoms with Gasteiger partial charge in [0.05, 0.1) is 0 Å². The van der Waals surface area contributed by atoms with Gasteiger partial charge in [0, 0.05) is 18.6 Å². The Morgan fingerprint density at radius 3 is 2.09 bits per heavy atom. The molecule has 0 bridgehead atoms. The largest absolute Gasteiger partial charge is 0.526 e. The van der Waals surface area contributed by atoms with Gasteiger partial charge in [-0.25, -0.2) is 0 Å². The van der Waals surface area contributed by atoms with E-state index in [-0.39, 0.29) is 6.04 Å². The molecule has 1 aliphatic heterocycles. The number of aryl methyl sites for hydroxylation is 2. The second-order valence-electron chi connectivity index (χ2n) is 9.13. The first-order chi connectivity index (χ1) is 15.5. The van der Waals surface area contributed by atoms with Crippen LogP contribution in [0.4, 0.5) is 0 Å². The summed E-state index contributed by atoms with van der Waals surface area (Å²) in [5.74, 6) is 0.279. The quantitative estimate of drug-likeness (QED) is 0.248. The van der Waals surface area contributed by atoms with Crippen LogP contribution in [-0.4, -0.2) is 48.3 Å². The van der Waals surface area contributed by atoms with Crippen molar-refractivity contribution >= 4 is 18.7 Å². The summed E-state index contributed by atoms with van der Waals surface area (Å²) < 4.78 is 0. The predicted molar refractivity (Wildman–Crippen MR) is 126 cm³/mol. The average Bonchev–Trinajstić information content (AvgIpc) is 3.24. The van der Waals surface area contributed by atoms with Crippen molar-refractivity contribution in [3.63, 3.8) is 0 Å². The van der Waals surface area contributed by atoms with Crippen molar-refractivity contribution in [1.29, 1.82) is 0 Å².